The van der Waals surface area contributed by atoms with Crippen molar-refractivity contribution < 1.29 is 4.74 Å². The Morgan fingerprint density at radius 3 is 2.37 bits per heavy atom. The third-order valence-corrected chi connectivity index (χ3v) is 4.91. The van der Waals surface area contributed by atoms with Crippen LogP contribution in [0.2, 0.25) is 0 Å². The number of methoxy groups -OCH3 is 1. The third kappa shape index (κ3) is 2.97. The number of benzene rings is 1. The highest BCUT2D eigenvalue weighted by atomic mass is 79.9. The molecule has 2 rings (SSSR count). The second kappa shape index (κ2) is 5.84. The van der Waals surface area contributed by atoms with Crippen LogP contribution in [0.5, 0.6) is 5.75 Å². The van der Waals surface area contributed by atoms with Crippen LogP contribution in [0.15, 0.2) is 16.6 Å². The van der Waals surface area contributed by atoms with E-state index in [1.54, 1.807) is 7.11 Å². The Morgan fingerprint density at radius 2 is 1.84 bits per heavy atom. The Kier molecular flexibility index (Phi) is 4.57. The maximum atomic E-state index is 6.65. The maximum absolute atomic E-state index is 6.65. The molecule has 0 atom stereocenters. The van der Waals surface area contributed by atoms with Crippen LogP contribution in [0.25, 0.3) is 0 Å². The molecule has 19 heavy (non-hydrogen) atoms. The van der Waals surface area contributed by atoms with Crippen LogP contribution in [0.3, 0.4) is 0 Å². The molecule has 1 fully saturated rings. The van der Waals surface area contributed by atoms with Crippen LogP contribution in [0.4, 0.5) is 0 Å². The molecular weight excluding hydrogens is 302 g/mol. The minimum absolute atomic E-state index is 0.221. The normalized spacial score (nSPS) is 18.6. The SMILES string of the molecule is COc1cc(C(C)C)c(Br)cc1C1(N)CCCCC1. The van der Waals surface area contributed by atoms with Gasteiger partial charge in [-0.05, 0) is 36.5 Å². The predicted octanol–water partition coefficient (Wildman–Crippen LogP) is 4.70. The lowest BCUT2D eigenvalue weighted by molar-refractivity contribution is 0.288. The van der Waals surface area contributed by atoms with Gasteiger partial charge in [0.05, 0.1) is 7.11 Å². The summed E-state index contributed by atoms with van der Waals surface area (Å²) in [7, 11) is 1.74. The molecule has 1 saturated carbocycles. The lowest BCUT2D eigenvalue weighted by atomic mass is 9.76. The molecule has 1 aliphatic carbocycles. The van der Waals surface area contributed by atoms with Gasteiger partial charge in [-0.3, -0.25) is 0 Å². The Hall–Kier alpha value is -0.540. The van der Waals surface area contributed by atoms with Crippen LogP contribution < -0.4 is 10.5 Å². The van der Waals surface area contributed by atoms with Crippen molar-refractivity contribution in [2.24, 2.45) is 5.73 Å². The van der Waals surface area contributed by atoms with E-state index in [1.165, 1.54) is 24.8 Å². The summed E-state index contributed by atoms with van der Waals surface area (Å²) in [4.78, 5) is 0. The molecule has 0 unspecified atom stereocenters. The van der Waals surface area contributed by atoms with Crippen molar-refractivity contribution in [1.82, 2.24) is 0 Å². The Bertz CT molecular complexity index is 450. The molecule has 1 aromatic rings. The summed E-state index contributed by atoms with van der Waals surface area (Å²) in [5.74, 6) is 1.41. The van der Waals surface area contributed by atoms with Crippen LogP contribution in [0, 0.1) is 0 Å². The molecule has 0 amide bonds. The summed E-state index contributed by atoms with van der Waals surface area (Å²) < 4.78 is 6.76. The van der Waals surface area contributed by atoms with Gasteiger partial charge in [0.2, 0.25) is 0 Å². The van der Waals surface area contributed by atoms with Crippen LogP contribution in [0.1, 0.15) is 63.0 Å². The summed E-state index contributed by atoms with van der Waals surface area (Å²) in [5.41, 5.74) is 8.87. The first-order valence-corrected chi connectivity index (χ1v) is 7.94. The van der Waals surface area contributed by atoms with E-state index in [9.17, 15) is 0 Å². The molecule has 0 aliphatic heterocycles. The van der Waals surface area contributed by atoms with Crippen LogP contribution >= 0.6 is 15.9 Å². The zero-order chi connectivity index (χ0) is 14.0. The van der Waals surface area contributed by atoms with Gasteiger partial charge in [-0.1, -0.05) is 49.0 Å². The van der Waals surface area contributed by atoms with Crippen molar-refractivity contribution in [2.45, 2.75) is 57.4 Å². The van der Waals surface area contributed by atoms with Gasteiger partial charge >= 0.3 is 0 Å². The van der Waals surface area contributed by atoms with Crippen molar-refractivity contribution >= 4 is 15.9 Å². The van der Waals surface area contributed by atoms with E-state index in [0.717, 1.165) is 28.6 Å². The lowest BCUT2D eigenvalue weighted by Gasteiger charge is -2.35. The Labute approximate surface area is 124 Å². The van der Waals surface area contributed by atoms with E-state index in [-0.39, 0.29) is 5.54 Å². The molecule has 0 aromatic heterocycles. The summed E-state index contributed by atoms with van der Waals surface area (Å²) >= 11 is 3.69. The fraction of sp³-hybridized carbons (Fsp3) is 0.625. The van der Waals surface area contributed by atoms with Gasteiger partial charge in [0.1, 0.15) is 5.75 Å². The van der Waals surface area contributed by atoms with Crippen molar-refractivity contribution in [3.63, 3.8) is 0 Å². The molecule has 106 valence electrons. The monoisotopic (exact) mass is 325 g/mol. The van der Waals surface area contributed by atoms with Gasteiger partial charge < -0.3 is 10.5 Å². The molecule has 0 bridgehead atoms. The number of ether oxygens (including phenoxy) is 1. The Morgan fingerprint density at radius 1 is 1.21 bits per heavy atom. The van der Waals surface area contributed by atoms with Crippen LogP contribution in [-0.2, 0) is 5.54 Å². The fourth-order valence-electron chi connectivity index (χ4n) is 3.02. The summed E-state index contributed by atoms with van der Waals surface area (Å²) in [6.07, 6.45) is 5.83. The van der Waals surface area contributed by atoms with E-state index in [4.69, 9.17) is 10.5 Å². The summed E-state index contributed by atoms with van der Waals surface area (Å²) in [6, 6.07) is 4.33. The van der Waals surface area contributed by atoms with Crippen molar-refractivity contribution in [1.29, 1.82) is 0 Å². The van der Waals surface area contributed by atoms with E-state index < -0.39 is 0 Å². The highest BCUT2D eigenvalue weighted by Gasteiger charge is 2.32. The molecule has 0 heterocycles. The fourth-order valence-corrected chi connectivity index (χ4v) is 3.82. The number of hydrogen-bond donors (Lipinski definition) is 1. The highest BCUT2D eigenvalue weighted by molar-refractivity contribution is 9.10. The van der Waals surface area contributed by atoms with Crippen molar-refractivity contribution in [3.05, 3.63) is 27.7 Å². The number of nitrogens with two attached hydrogens (primary N) is 1. The van der Waals surface area contributed by atoms with Gasteiger partial charge in [-0.25, -0.2) is 0 Å². The van der Waals surface area contributed by atoms with E-state index >= 15 is 0 Å². The molecule has 3 heteroatoms. The second-order valence-electron chi connectivity index (χ2n) is 5.95. The Balaban J connectivity index is 2.47. The first kappa shape index (κ1) is 14.9. The van der Waals surface area contributed by atoms with E-state index in [2.05, 4.69) is 41.9 Å². The summed E-state index contributed by atoms with van der Waals surface area (Å²) in [6.45, 7) is 4.38. The molecular formula is C16H24BrNO. The number of hydrogen-bond acceptors (Lipinski definition) is 2. The highest BCUT2D eigenvalue weighted by Crippen LogP contribution is 2.42. The molecule has 0 spiro atoms. The molecule has 0 saturated heterocycles. The first-order chi connectivity index (χ1) is 8.98. The first-order valence-electron chi connectivity index (χ1n) is 7.15. The zero-order valence-corrected chi connectivity index (χ0v) is 13.7. The minimum Gasteiger partial charge on any atom is -0.496 e. The average Bonchev–Trinajstić information content (AvgIpc) is 2.39. The van der Waals surface area contributed by atoms with Gasteiger partial charge in [0.25, 0.3) is 0 Å². The van der Waals surface area contributed by atoms with Gasteiger partial charge in [-0.2, -0.15) is 0 Å². The average molecular weight is 326 g/mol. The minimum atomic E-state index is -0.221. The largest absolute Gasteiger partial charge is 0.496 e. The third-order valence-electron chi connectivity index (χ3n) is 4.22. The molecule has 2 N–H and O–H groups in total. The zero-order valence-electron chi connectivity index (χ0n) is 12.1. The molecule has 0 radical (unpaired) electrons. The maximum Gasteiger partial charge on any atom is 0.124 e. The van der Waals surface area contributed by atoms with Gasteiger partial charge in [0.15, 0.2) is 0 Å². The van der Waals surface area contributed by atoms with E-state index in [1.807, 2.05) is 0 Å². The number of halogens is 1. The standard InChI is InChI=1S/C16H24BrNO/c1-11(2)12-9-15(19-3)13(10-14(12)17)16(18)7-5-4-6-8-16/h9-11H,4-8,18H2,1-3H3. The second-order valence-corrected chi connectivity index (χ2v) is 6.80. The van der Waals surface area contributed by atoms with Crippen LogP contribution in [-0.4, -0.2) is 7.11 Å². The van der Waals surface area contributed by atoms with Crippen molar-refractivity contribution in [3.8, 4) is 5.75 Å². The quantitative estimate of drug-likeness (QED) is 0.874. The topological polar surface area (TPSA) is 35.2 Å². The molecule has 1 aromatic carbocycles. The smallest absolute Gasteiger partial charge is 0.124 e. The number of rotatable bonds is 3. The molecule has 1 aliphatic rings. The lowest BCUT2D eigenvalue weighted by Crippen LogP contribution is -2.39. The molecule has 2 nitrogen and oxygen atoms in total. The van der Waals surface area contributed by atoms with Crippen molar-refractivity contribution in [2.75, 3.05) is 7.11 Å². The predicted molar refractivity (Wildman–Crippen MR) is 83.7 cm³/mol. The van der Waals surface area contributed by atoms with E-state index in [0.29, 0.717) is 5.92 Å². The van der Waals surface area contributed by atoms with Gasteiger partial charge in [0, 0.05) is 15.6 Å². The summed E-state index contributed by atoms with van der Waals surface area (Å²) in [5, 5.41) is 0. The van der Waals surface area contributed by atoms with Gasteiger partial charge in [-0.15, -0.1) is 0 Å².